The number of rotatable bonds is 3. The van der Waals surface area contributed by atoms with E-state index in [0.29, 0.717) is 16.8 Å². The Hall–Kier alpha value is -0.900. The van der Waals surface area contributed by atoms with Gasteiger partial charge >= 0.3 is 5.97 Å². The van der Waals surface area contributed by atoms with E-state index >= 15 is 0 Å². The number of hydrogen-bond donors (Lipinski definition) is 0. The number of aromatic nitrogens is 1. The largest absolute Gasteiger partial charge is 0.461 e. The molecule has 0 fully saturated rings. The molecular formula is C10H12BrNO2. The molecule has 1 aromatic heterocycles. The van der Waals surface area contributed by atoms with E-state index in [-0.39, 0.29) is 5.97 Å². The summed E-state index contributed by atoms with van der Waals surface area (Å²) in [6, 6.07) is 3.70. The van der Waals surface area contributed by atoms with Gasteiger partial charge < -0.3 is 4.74 Å². The Morgan fingerprint density at radius 1 is 1.50 bits per heavy atom. The Morgan fingerprint density at radius 3 is 2.79 bits per heavy atom. The number of nitrogens with zero attached hydrogens (tertiary/aromatic N) is 1. The average molecular weight is 258 g/mol. The Bertz CT molecular complexity index is 339. The molecule has 0 amide bonds. The first-order valence-electron chi connectivity index (χ1n) is 4.51. The van der Waals surface area contributed by atoms with Crippen LogP contribution in [-0.4, -0.2) is 17.6 Å². The van der Waals surface area contributed by atoms with Crippen molar-refractivity contribution in [2.45, 2.75) is 20.3 Å². The van der Waals surface area contributed by atoms with Crippen LogP contribution in [-0.2, 0) is 11.2 Å². The van der Waals surface area contributed by atoms with Crippen LogP contribution in [0.2, 0.25) is 0 Å². The Labute approximate surface area is 91.6 Å². The van der Waals surface area contributed by atoms with E-state index in [1.54, 1.807) is 6.92 Å². The molecule has 0 unspecified atom stereocenters. The van der Waals surface area contributed by atoms with Crippen molar-refractivity contribution in [2.24, 2.45) is 0 Å². The topological polar surface area (TPSA) is 39.2 Å². The summed E-state index contributed by atoms with van der Waals surface area (Å²) in [6.07, 6.45) is 0.805. The number of hydrogen-bond acceptors (Lipinski definition) is 3. The molecule has 0 bridgehead atoms. The van der Waals surface area contributed by atoms with Crippen LogP contribution in [0.25, 0.3) is 0 Å². The van der Waals surface area contributed by atoms with Crippen molar-refractivity contribution < 1.29 is 9.53 Å². The van der Waals surface area contributed by atoms with Crippen molar-refractivity contribution in [3.8, 4) is 0 Å². The molecular weight excluding hydrogens is 246 g/mol. The van der Waals surface area contributed by atoms with Gasteiger partial charge in [0.2, 0.25) is 0 Å². The fraction of sp³-hybridized carbons (Fsp3) is 0.400. The van der Waals surface area contributed by atoms with Crippen molar-refractivity contribution in [1.82, 2.24) is 4.98 Å². The number of ether oxygens (including phenoxy) is 1. The highest BCUT2D eigenvalue weighted by Crippen LogP contribution is 2.16. The SMILES string of the molecule is CCOC(=O)c1nc(CC)ccc1Br. The zero-order chi connectivity index (χ0) is 10.6. The number of carbonyl (C=O) groups is 1. The lowest BCUT2D eigenvalue weighted by Gasteiger charge is -2.04. The molecule has 76 valence electrons. The van der Waals surface area contributed by atoms with E-state index in [0.717, 1.165) is 12.1 Å². The minimum atomic E-state index is -0.380. The Morgan fingerprint density at radius 2 is 2.21 bits per heavy atom. The summed E-state index contributed by atoms with van der Waals surface area (Å²) in [5, 5.41) is 0. The van der Waals surface area contributed by atoms with Crippen LogP contribution in [0.15, 0.2) is 16.6 Å². The number of aryl methyl sites for hydroxylation is 1. The first-order valence-corrected chi connectivity index (χ1v) is 5.30. The number of carbonyl (C=O) groups excluding carboxylic acids is 1. The van der Waals surface area contributed by atoms with Gasteiger partial charge in [0, 0.05) is 5.69 Å². The monoisotopic (exact) mass is 257 g/mol. The zero-order valence-electron chi connectivity index (χ0n) is 8.21. The van der Waals surface area contributed by atoms with Gasteiger partial charge in [0.15, 0.2) is 5.69 Å². The van der Waals surface area contributed by atoms with Gasteiger partial charge in [-0.1, -0.05) is 6.92 Å². The summed E-state index contributed by atoms with van der Waals surface area (Å²) in [7, 11) is 0. The third-order valence-corrected chi connectivity index (χ3v) is 2.37. The second-order valence-electron chi connectivity index (χ2n) is 2.71. The molecule has 0 aliphatic rings. The van der Waals surface area contributed by atoms with Gasteiger partial charge in [-0.2, -0.15) is 0 Å². The van der Waals surface area contributed by atoms with E-state index in [4.69, 9.17) is 4.74 Å². The molecule has 1 rings (SSSR count). The molecule has 0 aliphatic heterocycles. The zero-order valence-corrected chi connectivity index (χ0v) is 9.80. The van der Waals surface area contributed by atoms with E-state index in [2.05, 4.69) is 20.9 Å². The Kier molecular flexibility index (Phi) is 4.07. The first kappa shape index (κ1) is 11.2. The van der Waals surface area contributed by atoms with E-state index in [1.807, 2.05) is 19.1 Å². The minimum absolute atomic E-state index is 0.353. The van der Waals surface area contributed by atoms with Crippen molar-refractivity contribution in [3.05, 3.63) is 28.0 Å². The smallest absolute Gasteiger partial charge is 0.358 e. The third kappa shape index (κ3) is 2.54. The summed E-state index contributed by atoms with van der Waals surface area (Å²) in [5.74, 6) is -0.380. The van der Waals surface area contributed by atoms with Crippen molar-refractivity contribution >= 4 is 21.9 Å². The molecule has 0 aliphatic carbocycles. The van der Waals surface area contributed by atoms with Crippen molar-refractivity contribution in [2.75, 3.05) is 6.61 Å². The highest BCUT2D eigenvalue weighted by atomic mass is 79.9. The van der Waals surface area contributed by atoms with Gasteiger partial charge in [-0.15, -0.1) is 0 Å². The van der Waals surface area contributed by atoms with Gasteiger partial charge in [0.25, 0.3) is 0 Å². The quantitative estimate of drug-likeness (QED) is 0.782. The molecule has 3 nitrogen and oxygen atoms in total. The molecule has 0 atom stereocenters. The predicted octanol–water partition coefficient (Wildman–Crippen LogP) is 2.58. The highest BCUT2D eigenvalue weighted by molar-refractivity contribution is 9.10. The lowest BCUT2D eigenvalue weighted by molar-refractivity contribution is 0.0518. The maximum Gasteiger partial charge on any atom is 0.358 e. The first-order chi connectivity index (χ1) is 6.69. The molecule has 1 heterocycles. The predicted molar refractivity (Wildman–Crippen MR) is 57.3 cm³/mol. The molecule has 0 saturated heterocycles. The second-order valence-corrected chi connectivity index (χ2v) is 3.56. The number of pyridine rings is 1. The summed E-state index contributed by atoms with van der Waals surface area (Å²) in [5.41, 5.74) is 1.24. The fourth-order valence-corrected chi connectivity index (χ4v) is 1.40. The summed E-state index contributed by atoms with van der Waals surface area (Å²) < 4.78 is 5.55. The average Bonchev–Trinajstić information content (AvgIpc) is 2.19. The summed E-state index contributed by atoms with van der Waals surface area (Å²) in [6.45, 7) is 4.13. The van der Waals surface area contributed by atoms with Gasteiger partial charge in [0.1, 0.15) is 0 Å². The van der Waals surface area contributed by atoms with Crippen LogP contribution in [0.4, 0.5) is 0 Å². The van der Waals surface area contributed by atoms with Gasteiger partial charge in [0.05, 0.1) is 11.1 Å². The summed E-state index contributed by atoms with van der Waals surface area (Å²) in [4.78, 5) is 15.6. The third-order valence-electron chi connectivity index (χ3n) is 1.73. The van der Waals surface area contributed by atoms with Gasteiger partial charge in [-0.3, -0.25) is 0 Å². The normalized spacial score (nSPS) is 9.93. The minimum Gasteiger partial charge on any atom is -0.461 e. The summed E-state index contributed by atoms with van der Waals surface area (Å²) >= 11 is 3.27. The highest BCUT2D eigenvalue weighted by Gasteiger charge is 2.12. The van der Waals surface area contributed by atoms with Crippen LogP contribution < -0.4 is 0 Å². The van der Waals surface area contributed by atoms with E-state index < -0.39 is 0 Å². The fourth-order valence-electron chi connectivity index (χ4n) is 1.02. The van der Waals surface area contributed by atoms with Crippen LogP contribution in [0, 0.1) is 0 Å². The van der Waals surface area contributed by atoms with Gasteiger partial charge in [-0.05, 0) is 41.4 Å². The molecule has 14 heavy (non-hydrogen) atoms. The number of esters is 1. The lowest BCUT2D eigenvalue weighted by Crippen LogP contribution is -2.09. The van der Waals surface area contributed by atoms with Crippen LogP contribution >= 0.6 is 15.9 Å². The molecule has 0 spiro atoms. The van der Waals surface area contributed by atoms with Crippen molar-refractivity contribution in [3.63, 3.8) is 0 Å². The maximum absolute atomic E-state index is 11.4. The standard InChI is InChI=1S/C10H12BrNO2/c1-3-7-5-6-8(11)9(12-7)10(13)14-4-2/h5-6H,3-4H2,1-2H3. The number of halogens is 1. The second kappa shape index (κ2) is 5.10. The molecule has 0 N–H and O–H groups in total. The van der Waals surface area contributed by atoms with Gasteiger partial charge in [-0.25, -0.2) is 9.78 Å². The maximum atomic E-state index is 11.4. The van der Waals surface area contributed by atoms with Crippen molar-refractivity contribution in [1.29, 1.82) is 0 Å². The molecule has 0 saturated carbocycles. The van der Waals surface area contributed by atoms with Crippen LogP contribution in [0.3, 0.4) is 0 Å². The molecule has 0 radical (unpaired) electrons. The van der Waals surface area contributed by atoms with Crippen LogP contribution in [0.5, 0.6) is 0 Å². The molecule has 0 aromatic carbocycles. The Balaban J connectivity index is 2.99. The van der Waals surface area contributed by atoms with Crippen LogP contribution in [0.1, 0.15) is 30.0 Å². The molecule has 1 aromatic rings. The lowest BCUT2D eigenvalue weighted by atomic mass is 10.2. The van der Waals surface area contributed by atoms with E-state index in [9.17, 15) is 4.79 Å². The van der Waals surface area contributed by atoms with E-state index in [1.165, 1.54) is 0 Å². The molecule has 4 heteroatoms.